The van der Waals surface area contributed by atoms with Crippen molar-refractivity contribution in [2.24, 2.45) is 11.7 Å². The molecule has 0 aromatic heterocycles. The molecule has 1 heterocycles. The lowest BCUT2D eigenvalue weighted by atomic mass is 9.93. The Balaban J connectivity index is 2.98. The van der Waals surface area contributed by atoms with Gasteiger partial charge < -0.3 is 29.8 Å². The maximum absolute atomic E-state index is 11.4. The lowest BCUT2D eigenvalue weighted by molar-refractivity contribution is -0.898. The van der Waals surface area contributed by atoms with Gasteiger partial charge in [-0.05, 0) is 19.3 Å². The molecule has 1 aliphatic rings. The van der Waals surface area contributed by atoms with Crippen LogP contribution < -0.4 is 5.73 Å². The molecule has 0 bridgehead atoms. The number of likely N-dealkylation sites (tertiary alicyclic amines) is 1. The zero-order chi connectivity index (χ0) is 15.1. The van der Waals surface area contributed by atoms with Gasteiger partial charge in [-0.1, -0.05) is 0 Å². The van der Waals surface area contributed by atoms with Crippen LogP contribution in [-0.2, 0) is 9.13 Å². The molecule has 1 fully saturated rings. The van der Waals surface area contributed by atoms with Gasteiger partial charge in [0.15, 0.2) is 0 Å². The van der Waals surface area contributed by atoms with E-state index >= 15 is 0 Å². The first-order chi connectivity index (χ1) is 8.29. The maximum Gasteiger partial charge on any atom is 0.357 e. The minimum absolute atomic E-state index is 0.214. The number of piperidine rings is 1. The van der Waals surface area contributed by atoms with E-state index in [9.17, 15) is 28.7 Å². The number of nitrogens with two attached hydrogens (primary N) is 1. The lowest BCUT2D eigenvalue weighted by Crippen LogP contribution is -2.50. The monoisotopic (exact) mass is 317 g/mol. The highest BCUT2D eigenvalue weighted by Gasteiger charge is 2.58. The van der Waals surface area contributed by atoms with Gasteiger partial charge in [0, 0.05) is 5.92 Å². The molecule has 0 spiro atoms. The fraction of sp³-hybridized carbons (Fsp3) is 1.00. The third kappa shape index (κ3) is 3.86. The van der Waals surface area contributed by atoms with E-state index in [4.69, 9.17) is 5.73 Å². The maximum atomic E-state index is 11.4. The summed E-state index contributed by atoms with van der Waals surface area (Å²) in [5.41, 5.74) is 5.44. The molecular formula is C9H23N2O6P2+. The van der Waals surface area contributed by atoms with Crippen LogP contribution in [0.2, 0.25) is 0 Å². The van der Waals surface area contributed by atoms with Crippen LogP contribution in [0.4, 0.5) is 0 Å². The Labute approximate surface area is 112 Å². The Bertz CT molecular complexity index is 406. The van der Waals surface area contributed by atoms with Gasteiger partial charge in [-0.25, -0.2) is 0 Å². The predicted molar refractivity (Wildman–Crippen MR) is 70.2 cm³/mol. The first kappa shape index (κ1) is 17.3. The highest BCUT2D eigenvalue weighted by Crippen LogP contribution is 2.68. The van der Waals surface area contributed by atoms with E-state index in [-0.39, 0.29) is 12.3 Å². The van der Waals surface area contributed by atoms with E-state index < -0.39 is 20.2 Å². The second-order valence-corrected chi connectivity index (χ2v) is 10.1. The van der Waals surface area contributed by atoms with E-state index in [0.717, 1.165) is 13.0 Å². The predicted octanol–water partition coefficient (Wildman–Crippen LogP) is -0.169. The summed E-state index contributed by atoms with van der Waals surface area (Å²) in [6.45, 7) is 1.53. The second kappa shape index (κ2) is 5.20. The Morgan fingerprint density at radius 2 is 1.68 bits per heavy atom. The summed E-state index contributed by atoms with van der Waals surface area (Å²) in [4.78, 5) is 36.9. The Hall–Kier alpha value is 0.220. The zero-order valence-corrected chi connectivity index (χ0v) is 12.9. The second-order valence-electron chi connectivity index (χ2n) is 6.02. The van der Waals surface area contributed by atoms with Crippen molar-refractivity contribution in [3.63, 3.8) is 0 Å². The molecule has 1 unspecified atom stereocenters. The Morgan fingerprint density at radius 1 is 1.21 bits per heavy atom. The van der Waals surface area contributed by atoms with Gasteiger partial charge in [-0.2, -0.15) is 0 Å². The van der Waals surface area contributed by atoms with Crippen LogP contribution in [0.3, 0.4) is 0 Å². The normalized spacial score (nSPS) is 25.3. The molecule has 19 heavy (non-hydrogen) atoms. The molecule has 1 atom stereocenters. The molecule has 0 radical (unpaired) electrons. The van der Waals surface area contributed by atoms with Crippen LogP contribution in [0.1, 0.15) is 19.3 Å². The van der Waals surface area contributed by atoms with Gasteiger partial charge in [0.25, 0.3) is 0 Å². The smallest absolute Gasteiger partial charge is 0.328 e. The molecule has 8 nitrogen and oxygen atoms in total. The molecule has 10 heteroatoms. The summed E-state index contributed by atoms with van der Waals surface area (Å²) in [5.74, 6) is -0.214. The van der Waals surface area contributed by atoms with Crippen molar-refractivity contribution < 1.29 is 33.2 Å². The number of hydrogen-bond acceptors (Lipinski definition) is 3. The average Bonchev–Trinajstić information content (AvgIpc) is 2.11. The summed E-state index contributed by atoms with van der Waals surface area (Å²) >= 11 is 0. The molecule has 0 aliphatic carbocycles. The third-order valence-corrected chi connectivity index (χ3v) is 7.67. The van der Waals surface area contributed by atoms with Crippen molar-refractivity contribution in [3.8, 4) is 0 Å². The van der Waals surface area contributed by atoms with E-state index in [1.165, 1.54) is 0 Å². The fourth-order valence-electron chi connectivity index (χ4n) is 2.69. The van der Waals surface area contributed by atoms with Crippen molar-refractivity contribution >= 4 is 15.2 Å². The van der Waals surface area contributed by atoms with Gasteiger partial charge in [-0.15, -0.1) is 0 Å². The Kier molecular flexibility index (Phi) is 4.73. The summed E-state index contributed by atoms with van der Waals surface area (Å²) < 4.78 is 23.5. The van der Waals surface area contributed by atoms with E-state index in [1.54, 1.807) is 0 Å². The molecule has 1 saturated heterocycles. The molecule has 1 aliphatic heterocycles. The van der Waals surface area contributed by atoms with Crippen LogP contribution in [0.15, 0.2) is 0 Å². The minimum atomic E-state index is -5.11. The number of quaternary nitrogens is 1. The quantitative estimate of drug-likeness (QED) is 0.358. The molecule has 0 aromatic carbocycles. The third-order valence-electron chi connectivity index (χ3n) is 3.73. The van der Waals surface area contributed by atoms with Crippen molar-refractivity contribution in [2.45, 2.75) is 24.3 Å². The molecule has 6 N–H and O–H groups in total. The van der Waals surface area contributed by atoms with Crippen molar-refractivity contribution in [1.29, 1.82) is 0 Å². The van der Waals surface area contributed by atoms with Gasteiger partial charge in [0.05, 0.1) is 27.2 Å². The fourth-order valence-corrected chi connectivity index (χ4v) is 5.04. The van der Waals surface area contributed by atoms with Crippen LogP contribution in [0, 0.1) is 5.92 Å². The zero-order valence-electron chi connectivity index (χ0n) is 11.1. The SMILES string of the molecule is C[N+]1(C)CCCC(CC(N)(P(=O)(O)O)P(=O)(O)O)C1. The van der Waals surface area contributed by atoms with E-state index in [0.29, 0.717) is 17.4 Å². The van der Waals surface area contributed by atoms with Crippen molar-refractivity contribution in [3.05, 3.63) is 0 Å². The number of hydrogen-bond donors (Lipinski definition) is 5. The number of rotatable bonds is 4. The largest absolute Gasteiger partial charge is 0.357 e. The van der Waals surface area contributed by atoms with Crippen LogP contribution in [0.5, 0.6) is 0 Å². The highest BCUT2D eigenvalue weighted by atomic mass is 31.2. The first-order valence-corrected chi connectivity index (χ1v) is 9.23. The molecule has 0 aromatic rings. The van der Waals surface area contributed by atoms with E-state index in [1.807, 2.05) is 14.1 Å². The molecule has 0 amide bonds. The van der Waals surface area contributed by atoms with Gasteiger partial charge in [0.2, 0.25) is 5.02 Å². The summed E-state index contributed by atoms with van der Waals surface area (Å²) in [7, 11) is -6.28. The molecule has 1 rings (SSSR count). The first-order valence-electron chi connectivity index (χ1n) is 6.01. The summed E-state index contributed by atoms with van der Waals surface area (Å²) in [6, 6.07) is 0. The van der Waals surface area contributed by atoms with Crippen LogP contribution in [0.25, 0.3) is 0 Å². The minimum Gasteiger partial charge on any atom is -0.328 e. The lowest BCUT2D eigenvalue weighted by Gasteiger charge is -2.41. The van der Waals surface area contributed by atoms with Gasteiger partial charge >= 0.3 is 15.2 Å². The molecule has 114 valence electrons. The molecular weight excluding hydrogens is 294 g/mol. The topological polar surface area (TPSA) is 141 Å². The van der Waals surface area contributed by atoms with Crippen molar-refractivity contribution in [2.75, 3.05) is 27.2 Å². The Morgan fingerprint density at radius 3 is 2.05 bits per heavy atom. The standard InChI is InChI=1S/C9H22N2O6P2/c1-11(2)5-3-4-8(7-11)6-9(10,18(12,13)14)19(15,16)17/h8H,3-7,10H2,1-2H3,(H3-,12,13,14,15,16,17)/p+1. The van der Waals surface area contributed by atoms with Crippen LogP contribution in [-0.4, -0.2) is 56.3 Å². The van der Waals surface area contributed by atoms with Gasteiger partial charge in [-0.3, -0.25) is 9.13 Å². The highest BCUT2D eigenvalue weighted by molar-refractivity contribution is 7.72. The van der Waals surface area contributed by atoms with Gasteiger partial charge in [0.1, 0.15) is 0 Å². The molecule has 0 saturated carbocycles. The average molecular weight is 317 g/mol. The number of nitrogens with zero attached hydrogens (tertiary/aromatic N) is 1. The summed E-state index contributed by atoms with van der Waals surface area (Å²) in [5, 5.41) is -2.78. The summed E-state index contributed by atoms with van der Waals surface area (Å²) in [6.07, 6.45) is 1.14. The van der Waals surface area contributed by atoms with Crippen LogP contribution >= 0.6 is 15.2 Å². The van der Waals surface area contributed by atoms with E-state index in [2.05, 4.69) is 0 Å². The van der Waals surface area contributed by atoms with Crippen molar-refractivity contribution in [1.82, 2.24) is 0 Å².